The van der Waals surface area contributed by atoms with Crippen molar-refractivity contribution in [3.63, 3.8) is 0 Å². The molecule has 0 unspecified atom stereocenters. The molecule has 0 bridgehead atoms. The van der Waals surface area contributed by atoms with Crippen LogP contribution in [0.25, 0.3) is 11.0 Å². The van der Waals surface area contributed by atoms with Gasteiger partial charge in [-0.05, 0) is 62.4 Å². The minimum atomic E-state index is 0. The zero-order valence-electron chi connectivity index (χ0n) is 15.9. The summed E-state index contributed by atoms with van der Waals surface area (Å²) in [5, 5.41) is 11.5. The van der Waals surface area contributed by atoms with Crippen LogP contribution in [0.15, 0.2) is 17.3 Å². The number of imidazole rings is 1. The Kier molecular flexibility index (Phi) is 10.8. The van der Waals surface area contributed by atoms with Crippen molar-refractivity contribution in [3.8, 4) is 0 Å². The average Bonchev–Trinajstić information content (AvgIpc) is 3.01. The number of hydrogen-bond donors (Lipinski definition) is 2. The third kappa shape index (κ3) is 6.15. The van der Waals surface area contributed by atoms with Gasteiger partial charge in [0.1, 0.15) is 0 Å². The van der Waals surface area contributed by atoms with Crippen LogP contribution in [-0.4, -0.2) is 51.5 Å². The summed E-state index contributed by atoms with van der Waals surface area (Å²) in [7, 11) is 0. The predicted molar refractivity (Wildman–Crippen MR) is 121 cm³/mol. The maximum absolute atomic E-state index is 9.09. The first-order valence-corrected chi connectivity index (χ1v) is 10.6. The van der Waals surface area contributed by atoms with E-state index in [9.17, 15) is 0 Å². The molecule has 0 atom stereocenters. The van der Waals surface area contributed by atoms with E-state index < -0.39 is 0 Å². The van der Waals surface area contributed by atoms with Crippen LogP contribution >= 0.6 is 48.2 Å². The van der Waals surface area contributed by atoms with Gasteiger partial charge in [0.15, 0.2) is 5.16 Å². The van der Waals surface area contributed by atoms with E-state index >= 15 is 0 Å². The maximum atomic E-state index is 9.09. The molecule has 4 nitrogen and oxygen atoms in total. The Balaban J connectivity index is 0.00000182. The maximum Gasteiger partial charge on any atom is 0.166 e. The van der Waals surface area contributed by atoms with Gasteiger partial charge in [0.25, 0.3) is 0 Å². The van der Waals surface area contributed by atoms with E-state index in [4.69, 9.17) is 21.7 Å². The number of rotatable bonds is 7. The van der Waals surface area contributed by atoms with Gasteiger partial charge in [-0.3, -0.25) is 0 Å². The molecule has 0 aliphatic carbocycles. The third-order valence-electron chi connectivity index (χ3n) is 5.21. The number of thioether (sulfide) groups is 1. The number of likely N-dealkylation sites (tertiary alicyclic amines) is 1. The first-order chi connectivity index (χ1) is 12.1. The first kappa shape index (κ1) is 24.9. The smallest absolute Gasteiger partial charge is 0.166 e. The fraction of sp³-hybridized carbons (Fsp3) is 0.632. The second-order valence-corrected chi connectivity index (χ2v) is 8.52. The monoisotopic (exact) mass is 453 g/mol. The second kappa shape index (κ2) is 11.7. The van der Waals surface area contributed by atoms with Gasteiger partial charge in [0.05, 0.1) is 17.6 Å². The second-order valence-electron chi connectivity index (χ2n) is 6.83. The Morgan fingerprint density at radius 3 is 2.52 bits per heavy atom. The number of halogens is 3. The van der Waals surface area contributed by atoms with E-state index in [1.807, 2.05) is 17.8 Å². The Labute approximate surface area is 183 Å². The lowest BCUT2D eigenvalue weighted by Gasteiger charge is -2.32. The van der Waals surface area contributed by atoms with Crippen LogP contribution < -0.4 is 0 Å². The van der Waals surface area contributed by atoms with E-state index in [1.54, 1.807) is 0 Å². The highest BCUT2D eigenvalue weighted by Crippen LogP contribution is 2.36. The SMILES string of the molecule is CCC(CC)Sc1nc2cc(Cl)c(C3CCN(CCO)CC3)cc2[nH]1.Cl.Cl. The Morgan fingerprint density at radius 1 is 1.26 bits per heavy atom. The van der Waals surface area contributed by atoms with Crippen molar-refractivity contribution in [3.05, 3.63) is 22.7 Å². The van der Waals surface area contributed by atoms with E-state index in [0.717, 1.165) is 66.5 Å². The number of β-amino-alcohol motifs (C(OH)–C–C–N with tert-alkyl or cyclic N) is 1. The number of nitrogens with zero attached hydrogens (tertiary/aromatic N) is 2. The van der Waals surface area contributed by atoms with Crippen molar-refractivity contribution in [2.24, 2.45) is 0 Å². The molecule has 1 aliphatic heterocycles. The van der Waals surface area contributed by atoms with Crippen LogP contribution in [0.2, 0.25) is 5.02 Å². The van der Waals surface area contributed by atoms with Crippen LogP contribution in [0, 0.1) is 0 Å². The molecule has 27 heavy (non-hydrogen) atoms. The number of aromatic nitrogens is 2. The number of aliphatic hydroxyl groups is 1. The Morgan fingerprint density at radius 2 is 1.93 bits per heavy atom. The molecule has 2 heterocycles. The number of aliphatic hydroxyl groups excluding tert-OH is 1. The van der Waals surface area contributed by atoms with Gasteiger partial charge in [-0.1, -0.05) is 37.2 Å². The fourth-order valence-electron chi connectivity index (χ4n) is 3.62. The molecule has 1 aromatic heterocycles. The molecule has 2 aromatic rings. The summed E-state index contributed by atoms with van der Waals surface area (Å²) in [5.41, 5.74) is 3.28. The van der Waals surface area contributed by atoms with Crippen molar-refractivity contribution < 1.29 is 5.11 Å². The molecule has 0 radical (unpaired) electrons. The largest absolute Gasteiger partial charge is 0.395 e. The van der Waals surface area contributed by atoms with E-state index in [0.29, 0.717) is 11.2 Å². The summed E-state index contributed by atoms with van der Waals surface area (Å²) < 4.78 is 0. The van der Waals surface area contributed by atoms with Gasteiger partial charge in [-0.2, -0.15) is 0 Å². The summed E-state index contributed by atoms with van der Waals surface area (Å²) >= 11 is 8.42. The van der Waals surface area contributed by atoms with Crippen molar-refractivity contribution in [2.45, 2.75) is 55.9 Å². The van der Waals surface area contributed by atoms with Gasteiger partial charge < -0.3 is 15.0 Å². The lowest BCUT2D eigenvalue weighted by molar-refractivity contribution is 0.164. The normalized spacial score (nSPS) is 15.7. The average molecular weight is 455 g/mol. The number of piperidine rings is 1. The number of H-pyrrole nitrogens is 1. The lowest BCUT2D eigenvalue weighted by atomic mass is 9.89. The van der Waals surface area contributed by atoms with Gasteiger partial charge >= 0.3 is 0 Å². The molecule has 154 valence electrons. The van der Waals surface area contributed by atoms with E-state index in [2.05, 4.69) is 29.8 Å². The van der Waals surface area contributed by atoms with Crippen LogP contribution in [-0.2, 0) is 0 Å². The van der Waals surface area contributed by atoms with E-state index in [-0.39, 0.29) is 31.4 Å². The number of hydrogen-bond acceptors (Lipinski definition) is 4. The van der Waals surface area contributed by atoms with Gasteiger partial charge in [-0.15, -0.1) is 24.8 Å². The number of nitrogens with one attached hydrogen (secondary N) is 1. The van der Waals surface area contributed by atoms with Crippen molar-refractivity contribution >= 4 is 59.2 Å². The van der Waals surface area contributed by atoms with Crippen molar-refractivity contribution in [2.75, 3.05) is 26.2 Å². The molecule has 1 aromatic carbocycles. The fourth-order valence-corrected chi connectivity index (χ4v) is 4.90. The molecule has 0 saturated carbocycles. The third-order valence-corrected chi connectivity index (χ3v) is 6.96. The van der Waals surface area contributed by atoms with Gasteiger partial charge in [0, 0.05) is 16.8 Å². The van der Waals surface area contributed by atoms with Crippen molar-refractivity contribution in [1.29, 1.82) is 0 Å². The summed E-state index contributed by atoms with van der Waals surface area (Å²) in [4.78, 5) is 10.5. The summed E-state index contributed by atoms with van der Waals surface area (Å²) in [6.07, 6.45) is 4.48. The highest BCUT2D eigenvalue weighted by atomic mass is 35.5. The lowest BCUT2D eigenvalue weighted by Crippen LogP contribution is -2.35. The highest BCUT2D eigenvalue weighted by Gasteiger charge is 2.23. The predicted octanol–water partition coefficient (Wildman–Crippen LogP) is 5.51. The van der Waals surface area contributed by atoms with Crippen LogP contribution in [0.1, 0.15) is 51.0 Å². The standard InChI is InChI=1S/C19H28ClN3OS.2ClH/c1-3-14(4-2)25-19-21-17-11-15(16(20)12-18(17)22-19)13-5-7-23(8-6-13)9-10-24;;/h11-14,24H,3-10H2,1-2H3,(H,21,22);2*1H. The zero-order valence-corrected chi connectivity index (χ0v) is 19.1. The molecular weight excluding hydrogens is 425 g/mol. The number of aromatic amines is 1. The molecular formula is C19H30Cl3N3OS. The minimum Gasteiger partial charge on any atom is -0.395 e. The Hall–Kier alpha value is -0.170. The molecule has 1 aliphatic rings. The summed E-state index contributed by atoms with van der Waals surface area (Å²) in [6, 6.07) is 4.22. The highest BCUT2D eigenvalue weighted by molar-refractivity contribution is 7.99. The molecule has 1 saturated heterocycles. The number of benzene rings is 1. The van der Waals surface area contributed by atoms with Crippen LogP contribution in [0.3, 0.4) is 0 Å². The van der Waals surface area contributed by atoms with Crippen LogP contribution in [0.4, 0.5) is 0 Å². The number of fused-ring (bicyclic) bond motifs is 1. The summed E-state index contributed by atoms with van der Waals surface area (Å²) in [6.45, 7) is 7.51. The van der Waals surface area contributed by atoms with Gasteiger partial charge in [-0.25, -0.2) is 4.98 Å². The molecule has 0 amide bonds. The van der Waals surface area contributed by atoms with Gasteiger partial charge in [0.2, 0.25) is 0 Å². The molecule has 1 fully saturated rings. The first-order valence-electron chi connectivity index (χ1n) is 9.33. The molecule has 8 heteroatoms. The van der Waals surface area contributed by atoms with E-state index in [1.165, 1.54) is 5.56 Å². The topological polar surface area (TPSA) is 52.1 Å². The molecule has 0 spiro atoms. The molecule has 3 rings (SSSR count). The Bertz CT molecular complexity index is 701. The summed E-state index contributed by atoms with van der Waals surface area (Å²) in [5.74, 6) is 0.491. The molecule has 2 N–H and O–H groups in total. The minimum absolute atomic E-state index is 0. The van der Waals surface area contributed by atoms with Crippen molar-refractivity contribution in [1.82, 2.24) is 14.9 Å². The zero-order chi connectivity index (χ0) is 17.8. The quantitative estimate of drug-likeness (QED) is 0.541. The van der Waals surface area contributed by atoms with Crippen LogP contribution in [0.5, 0.6) is 0 Å².